The molecule has 0 radical (unpaired) electrons. The maximum Gasteiger partial charge on any atom is 0.311 e. The van der Waals surface area contributed by atoms with Crippen LogP contribution in [0.4, 0.5) is 10.3 Å². The van der Waals surface area contributed by atoms with Crippen LogP contribution in [-0.4, -0.2) is 38.8 Å². The molecule has 11 heteroatoms. The van der Waals surface area contributed by atoms with E-state index >= 15 is 0 Å². The van der Waals surface area contributed by atoms with Crippen LogP contribution < -0.4 is 16.0 Å². The average molecular weight is 672 g/mol. The summed E-state index contributed by atoms with van der Waals surface area (Å²) >= 11 is 0. The number of nitrogens with zero attached hydrogens (tertiary/aromatic N) is 1. The number of rotatable bonds is 4. The van der Waals surface area contributed by atoms with Gasteiger partial charge >= 0.3 is 5.97 Å². The fourth-order valence-electron chi connectivity index (χ4n) is 8.30. The predicted octanol–water partition coefficient (Wildman–Crippen LogP) is 6.11. The second-order valence-corrected chi connectivity index (χ2v) is 14.0. The van der Waals surface area contributed by atoms with E-state index in [2.05, 4.69) is 25.9 Å². The number of hydrogen-bond donors (Lipinski definition) is 5. The molecule has 5 heterocycles. The van der Waals surface area contributed by atoms with E-state index in [1.807, 2.05) is 67.6 Å². The summed E-state index contributed by atoms with van der Waals surface area (Å²) < 4.78 is 14.2. The van der Waals surface area contributed by atoms with Gasteiger partial charge in [0.25, 0.3) is 0 Å². The van der Waals surface area contributed by atoms with Crippen molar-refractivity contribution in [1.29, 1.82) is 0 Å². The van der Waals surface area contributed by atoms with Crippen LogP contribution in [0.2, 0.25) is 0 Å². The molecule has 4 aromatic carbocycles. The molecule has 4 aliphatic heterocycles. The van der Waals surface area contributed by atoms with Crippen molar-refractivity contribution >= 4 is 40.4 Å². The van der Waals surface area contributed by atoms with E-state index in [0.29, 0.717) is 29.9 Å². The molecule has 0 saturated carbocycles. The van der Waals surface area contributed by atoms with Crippen LogP contribution in [0.3, 0.4) is 0 Å². The van der Waals surface area contributed by atoms with Gasteiger partial charge in [0.1, 0.15) is 5.82 Å². The number of aromatic nitrogens is 2. The number of benzene rings is 4. The Balaban J connectivity index is 0.000000178. The van der Waals surface area contributed by atoms with Gasteiger partial charge in [-0.1, -0.05) is 72.8 Å². The number of hydrogen-bond acceptors (Lipinski definition) is 5. The number of amides is 3. The second-order valence-electron chi connectivity index (χ2n) is 14.0. The maximum absolute atomic E-state index is 14.2. The van der Waals surface area contributed by atoms with E-state index in [0.717, 1.165) is 33.2 Å². The van der Waals surface area contributed by atoms with Gasteiger partial charge in [0.15, 0.2) is 0 Å². The molecule has 10 nitrogen and oxygen atoms in total. The van der Waals surface area contributed by atoms with Crippen molar-refractivity contribution in [1.82, 2.24) is 20.6 Å². The minimum atomic E-state index is -0.896. The minimum Gasteiger partial charge on any atom is -0.481 e. The lowest BCUT2D eigenvalue weighted by Crippen LogP contribution is -2.57. The first kappa shape index (κ1) is 31.4. The standard InChI is InChI=1S/C26H21FN4O2.C13H13NO3/c1-26(12-19-15-7-3-5-9-18(15)22(26)30-23(19)32)24(33)31-25-28-13-21(29-25)17-10-11-20(27)16-8-4-2-6-14(16)17;1-13(12(16)17)6-9-7-4-2-3-5-8(7)10(13)14-11(9)15/h2-11,13,19,22H,12H2,1H3,(H,30,32)(H2,28,29,31,33);2-5,9-10H,6H2,1H3,(H,14,15)(H,16,17). The molecule has 50 heavy (non-hydrogen) atoms. The number of anilines is 1. The number of aromatic amines is 1. The summed E-state index contributed by atoms with van der Waals surface area (Å²) in [7, 11) is 0. The van der Waals surface area contributed by atoms with Crippen molar-refractivity contribution in [3.05, 3.63) is 119 Å². The third-order valence-electron chi connectivity index (χ3n) is 11.1. The van der Waals surface area contributed by atoms with Crippen LogP contribution in [0.15, 0.2) is 91.1 Å². The molecule has 1 aromatic heterocycles. The normalized spacial score (nSPS) is 26.9. The number of imidazole rings is 1. The molecule has 6 aliphatic rings. The number of aliphatic carboxylic acids is 1. The Kier molecular flexibility index (Phi) is 7.14. The largest absolute Gasteiger partial charge is 0.481 e. The molecule has 2 saturated heterocycles. The quantitative estimate of drug-likeness (QED) is 0.156. The highest BCUT2D eigenvalue weighted by Gasteiger charge is 2.56. The van der Waals surface area contributed by atoms with E-state index in [9.17, 15) is 28.7 Å². The van der Waals surface area contributed by atoms with Crippen LogP contribution >= 0.6 is 0 Å². The minimum absolute atomic E-state index is 0.0348. The van der Waals surface area contributed by atoms with Gasteiger partial charge in [0, 0.05) is 10.9 Å². The number of carboxylic acids is 1. The fraction of sp³-hybridized carbons (Fsp3) is 0.256. The van der Waals surface area contributed by atoms with E-state index in [1.165, 1.54) is 6.07 Å². The van der Waals surface area contributed by atoms with Gasteiger partial charge in [-0.2, -0.15) is 0 Å². The molecular weight excluding hydrogens is 637 g/mol. The first-order chi connectivity index (χ1) is 24.0. The van der Waals surface area contributed by atoms with Crippen LogP contribution in [0, 0.1) is 16.6 Å². The van der Waals surface area contributed by atoms with E-state index < -0.39 is 28.9 Å². The van der Waals surface area contributed by atoms with Crippen molar-refractivity contribution in [2.45, 2.75) is 50.6 Å². The first-order valence-corrected chi connectivity index (χ1v) is 16.6. The number of halogens is 1. The van der Waals surface area contributed by atoms with Crippen molar-refractivity contribution in [2.24, 2.45) is 10.8 Å². The zero-order chi connectivity index (χ0) is 34.9. The van der Waals surface area contributed by atoms with Crippen LogP contribution in [-0.2, 0) is 19.2 Å². The summed E-state index contributed by atoms with van der Waals surface area (Å²) in [4.78, 5) is 56.7. The molecule has 3 amide bonds. The number of carboxylic acid groups (broad SMARTS) is 1. The molecule has 252 valence electrons. The lowest BCUT2D eigenvalue weighted by Gasteiger charge is -2.49. The van der Waals surface area contributed by atoms with E-state index in [-0.39, 0.29) is 35.4 Å². The van der Waals surface area contributed by atoms with Gasteiger partial charge in [-0.15, -0.1) is 0 Å². The summed E-state index contributed by atoms with van der Waals surface area (Å²) in [5.41, 5.74) is 3.69. The molecule has 5 aromatic rings. The fourth-order valence-corrected chi connectivity index (χ4v) is 8.30. The summed E-state index contributed by atoms with van der Waals surface area (Å²) in [5, 5.41) is 19.4. The van der Waals surface area contributed by atoms with Crippen LogP contribution in [0.1, 0.15) is 72.9 Å². The Morgan fingerprint density at radius 3 is 1.88 bits per heavy atom. The molecular formula is C39H34FN5O5. The number of nitrogens with one attached hydrogen (secondary N) is 4. The number of carbonyl (C=O) groups is 4. The molecule has 6 unspecified atom stereocenters. The molecule has 0 spiro atoms. The van der Waals surface area contributed by atoms with E-state index in [4.69, 9.17) is 0 Å². The Morgan fingerprint density at radius 1 is 0.760 bits per heavy atom. The summed E-state index contributed by atoms with van der Waals surface area (Å²) in [6.07, 6.45) is 2.44. The zero-order valence-corrected chi connectivity index (χ0v) is 27.3. The predicted molar refractivity (Wildman–Crippen MR) is 183 cm³/mol. The molecule has 11 rings (SSSR count). The highest BCUT2D eigenvalue weighted by atomic mass is 19.1. The van der Waals surface area contributed by atoms with Crippen molar-refractivity contribution in [2.75, 3.05) is 5.32 Å². The number of H-pyrrole nitrogens is 1. The smallest absolute Gasteiger partial charge is 0.311 e. The molecule has 2 fully saturated rings. The monoisotopic (exact) mass is 671 g/mol. The van der Waals surface area contributed by atoms with E-state index in [1.54, 1.807) is 31.3 Å². The Hall–Kier alpha value is -5.84. The Morgan fingerprint density at radius 2 is 1.28 bits per heavy atom. The van der Waals surface area contributed by atoms with Gasteiger partial charge in [-0.3, -0.25) is 24.5 Å². The lowest BCUT2D eigenvalue weighted by molar-refractivity contribution is -0.155. The molecule has 5 N–H and O–H groups in total. The molecule has 4 bridgehead atoms. The molecule has 2 aliphatic carbocycles. The topological polar surface area (TPSA) is 153 Å². The third-order valence-corrected chi connectivity index (χ3v) is 11.1. The summed E-state index contributed by atoms with van der Waals surface area (Å²) in [5.74, 6) is -1.79. The Labute approximate surface area is 286 Å². The van der Waals surface area contributed by atoms with Crippen molar-refractivity contribution < 1.29 is 28.7 Å². The van der Waals surface area contributed by atoms with Gasteiger partial charge in [0.05, 0.1) is 46.6 Å². The van der Waals surface area contributed by atoms with Crippen LogP contribution in [0.25, 0.3) is 22.0 Å². The van der Waals surface area contributed by atoms with Gasteiger partial charge in [0.2, 0.25) is 23.7 Å². The highest BCUT2D eigenvalue weighted by Crippen LogP contribution is 2.54. The lowest BCUT2D eigenvalue weighted by atomic mass is 9.61. The third kappa shape index (κ3) is 4.71. The van der Waals surface area contributed by atoms with Crippen molar-refractivity contribution in [3.63, 3.8) is 0 Å². The van der Waals surface area contributed by atoms with Gasteiger partial charge in [-0.25, -0.2) is 9.37 Å². The summed E-state index contributed by atoms with van der Waals surface area (Å²) in [6.45, 7) is 3.59. The SMILES string of the molecule is CC1(C(=O)Nc2ncc(-c3ccc(F)c4ccccc34)[nH]2)CC2C(=O)NC1c1ccccc12.CC1(C(=O)O)CC2C(=O)NC1c1ccccc12. The second kappa shape index (κ2) is 11.4. The highest BCUT2D eigenvalue weighted by molar-refractivity contribution is 6.00. The number of piperidine rings is 2. The van der Waals surface area contributed by atoms with Crippen LogP contribution in [0.5, 0.6) is 0 Å². The van der Waals surface area contributed by atoms with Crippen molar-refractivity contribution in [3.8, 4) is 11.3 Å². The molecule has 6 atom stereocenters. The maximum atomic E-state index is 14.2. The average Bonchev–Trinajstić information content (AvgIpc) is 3.58. The van der Waals surface area contributed by atoms with Gasteiger partial charge in [-0.05, 0) is 66.5 Å². The summed E-state index contributed by atoms with van der Waals surface area (Å²) in [6, 6.07) is 25.0. The zero-order valence-electron chi connectivity index (χ0n) is 27.3. The first-order valence-electron chi connectivity index (χ1n) is 16.6. The Bertz CT molecular complexity index is 2250. The number of fused-ring (bicyclic) bond motifs is 5. The number of carbonyl (C=O) groups excluding carboxylic acids is 3. The van der Waals surface area contributed by atoms with Gasteiger partial charge < -0.3 is 20.7 Å².